The Balaban J connectivity index is 0.000000703. The summed E-state index contributed by atoms with van der Waals surface area (Å²) in [6.45, 7) is 9.81. The van der Waals surface area contributed by atoms with E-state index in [0.717, 1.165) is 25.9 Å². The van der Waals surface area contributed by atoms with Crippen molar-refractivity contribution in [1.82, 2.24) is 10.2 Å². The third-order valence-electron chi connectivity index (χ3n) is 5.04. The molecule has 0 aromatic heterocycles. The molecule has 1 atom stereocenters. The molecule has 0 bridgehead atoms. The second-order valence-corrected chi connectivity index (χ2v) is 9.30. The quantitative estimate of drug-likeness (QED) is 0.447. The summed E-state index contributed by atoms with van der Waals surface area (Å²) in [4.78, 5) is 24.7. The Labute approximate surface area is 185 Å². The predicted molar refractivity (Wildman–Crippen MR) is 120 cm³/mol. The van der Waals surface area contributed by atoms with Crippen molar-refractivity contribution in [1.29, 1.82) is 0 Å². The van der Waals surface area contributed by atoms with E-state index < -0.39 is 9.84 Å². The summed E-state index contributed by atoms with van der Waals surface area (Å²) >= 11 is 0. The average molecular weight is 458 g/mol. The van der Waals surface area contributed by atoms with Gasteiger partial charge in [-0.3, -0.25) is 14.5 Å². The molecular formula is C21H35N3O6S. The SMILES string of the molecule is CCN1CCC[C@@H]1CNC(=O)c1cc(S(=O)(=O)CC)c(N)cc1OC.CCOC(C)=O. The number of methoxy groups -OCH3 is 1. The number of nitrogens with one attached hydrogen (secondary N) is 1. The number of ether oxygens (including phenoxy) is 2. The summed E-state index contributed by atoms with van der Waals surface area (Å²) in [7, 11) is -2.10. The fourth-order valence-electron chi connectivity index (χ4n) is 3.40. The second kappa shape index (κ2) is 12.5. The first-order valence-corrected chi connectivity index (χ1v) is 12.1. The van der Waals surface area contributed by atoms with E-state index >= 15 is 0 Å². The van der Waals surface area contributed by atoms with Gasteiger partial charge in [0.25, 0.3) is 5.91 Å². The zero-order chi connectivity index (χ0) is 23.6. The highest BCUT2D eigenvalue weighted by Gasteiger charge is 2.25. The summed E-state index contributed by atoms with van der Waals surface area (Å²) in [5.41, 5.74) is 6.11. The van der Waals surface area contributed by atoms with Gasteiger partial charge in [-0.1, -0.05) is 13.8 Å². The number of carbonyl (C=O) groups excluding carboxylic acids is 2. The Morgan fingerprint density at radius 1 is 1.26 bits per heavy atom. The minimum atomic E-state index is -3.52. The normalized spacial score (nSPS) is 16.2. The van der Waals surface area contributed by atoms with E-state index in [1.165, 1.54) is 33.1 Å². The number of hydrogen-bond acceptors (Lipinski definition) is 8. The number of esters is 1. The lowest BCUT2D eigenvalue weighted by Crippen LogP contribution is -2.40. The fraction of sp³-hybridized carbons (Fsp3) is 0.619. The number of nitrogen functional groups attached to an aromatic ring is 1. The van der Waals surface area contributed by atoms with Crippen LogP contribution in [0.4, 0.5) is 5.69 Å². The van der Waals surface area contributed by atoms with E-state index in [2.05, 4.69) is 21.9 Å². The van der Waals surface area contributed by atoms with Gasteiger partial charge >= 0.3 is 5.97 Å². The summed E-state index contributed by atoms with van der Waals surface area (Å²) in [6, 6.07) is 3.02. The molecule has 2 rings (SSSR count). The molecule has 0 aliphatic carbocycles. The highest BCUT2D eigenvalue weighted by atomic mass is 32.2. The lowest BCUT2D eigenvalue weighted by atomic mass is 10.1. The number of nitrogens with zero attached hydrogens (tertiary/aromatic N) is 1. The standard InChI is InChI=1S/C17H27N3O4S.C4H8O2/c1-4-20-8-6-7-12(20)11-19-17(21)13-9-16(25(22,23)5-2)14(18)10-15(13)24-3;1-3-6-4(2)5/h9-10,12H,4-8,11,18H2,1-3H3,(H,19,21);3H2,1-2H3/t12-;/m1./s1. The van der Waals surface area contributed by atoms with Crippen LogP contribution in [0.15, 0.2) is 17.0 Å². The molecule has 1 aliphatic heterocycles. The fourth-order valence-corrected chi connectivity index (χ4v) is 4.42. The van der Waals surface area contributed by atoms with Crippen molar-refractivity contribution < 1.29 is 27.5 Å². The highest BCUT2D eigenvalue weighted by molar-refractivity contribution is 7.91. The van der Waals surface area contributed by atoms with Gasteiger partial charge in [-0.05, 0) is 38.9 Å². The first-order valence-electron chi connectivity index (χ1n) is 10.5. The Hall–Kier alpha value is -2.33. The van der Waals surface area contributed by atoms with E-state index in [4.69, 9.17) is 10.5 Å². The van der Waals surface area contributed by atoms with Crippen molar-refractivity contribution >= 4 is 27.4 Å². The smallest absolute Gasteiger partial charge is 0.302 e. The molecule has 1 aliphatic rings. The van der Waals surface area contributed by atoms with Crippen molar-refractivity contribution in [3.8, 4) is 5.75 Å². The van der Waals surface area contributed by atoms with E-state index in [-0.39, 0.29) is 39.5 Å². The minimum absolute atomic E-state index is 0.0306. The van der Waals surface area contributed by atoms with Gasteiger partial charge in [0, 0.05) is 25.6 Å². The first-order chi connectivity index (χ1) is 14.6. The van der Waals surface area contributed by atoms with Crippen LogP contribution in [-0.4, -0.2) is 70.3 Å². The Morgan fingerprint density at radius 3 is 2.42 bits per heavy atom. The monoisotopic (exact) mass is 457 g/mol. The molecule has 1 heterocycles. The molecule has 3 N–H and O–H groups in total. The van der Waals surface area contributed by atoms with Crippen LogP contribution >= 0.6 is 0 Å². The summed E-state index contributed by atoms with van der Waals surface area (Å²) in [5, 5.41) is 2.90. The number of amides is 1. The van der Waals surface area contributed by atoms with E-state index in [0.29, 0.717) is 19.2 Å². The molecule has 10 heteroatoms. The molecule has 0 unspecified atom stereocenters. The van der Waals surface area contributed by atoms with Crippen molar-refractivity contribution in [2.24, 2.45) is 0 Å². The molecular weight excluding hydrogens is 422 g/mol. The average Bonchev–Trinajstić information content (AvgIpc) is 3.19. The molecule has 1 fully saturated rings. The number of benzene rings is 1. The highest BCUT2D eigenvalue weighted by Crippen LogP contribution is 2.29. The van der Waals surface area contributed by atoms with Gasteiger partial charge in [0.15, 0.2) is 9.84 Å². The van der Waals surface area contributed by atoms with Crippen LogP contribution in [0.3, 0.4) is 0 Å². The molecule has 0 spiro atoms. The lowest BCUT2D eigenvalue weighted by Gasteiger charge is -2.23. The van der Waals surface area contributed by atoms with Crippen LogP contribution in [-0.2, 0) is 19.4 Å². The third kappa shape index (κ3) is 7.70. The van der Waals surface area contributed by atoms with Crippen LogP contribution in [0.5, 0.6) is 5.75 Å². The van der Waals surface area contributed by atoms with Gasteiger partial charge in [0.1, 0.15) is 5.75 Å². The van der Waals surface area contributed by atoms with Gasteiger partial charge in [0.2, 0.25) is 0 Å². The van der Waals surface area contributed by atoms with Gasteiger partial charge in [0.05, 0.1) is 35.6 Å². The summed E-state index contributed by atoms with van der Waals surface area (Å²) < 4.78 is 34.0. The maximum atomic E-state index is 12.6. The molecule has 1 saturated heterocycles. The van der Waals surface area contributed by atoms with Gasteiger partial charge in [-0.2, -0.15) is 0 Å². The molecule has 1 aromatic rings. The number of nitrogens with two attached hydrogens (primary N) is 1. The van der Waals surface area contributed by atoms with E-state index in [1.54, 1.807) is 6.92 Å². The molecule has 176 valence electrons. The molecule has 31 heavy (non-hydrogen) atoms. The molecule has 0 saturated carbocycles. The van der Waals surface area contributed by atoms with Crippen LogP contribution in [0, 0.1) is 0 Å². The zero-order valence-corrected chi connectivity index (χ0v) is 19.9. The molecule has 1 aromatic carbocycles. The Bertz CT molecular complexity index is 857. The summed E-state index contributed by atoms with van der Waals surface area (Å²) in [6.07, 6.45) is 2.17. The zero-order valence-electron chi connectivity index (χ0n) is 19.1. The van der Waals surface area contributed by atoms with Crippen molar-refractivity contribution in [3.05, 3.63) is 17.7 Å². The Kier molecular flexibility index (Phi) is 10.8. The number of likely N-dealkylation sites (tertiary alicyclic amines) is 1. The van der Waals surface area contributed by atoms with Crippen molar-refractivity contribution in [2.45, 2.75) is 51.5 Å². The second-order valence-electron chi connectivity index (χ2n) is 7.05. The number of carbonyl (C=O) groups is 2. The van der Waals surface area contributed by atoms with Gasteiger partial charge < -0.3 is 20.5 Å². The van der Waals surface area contributed by atoms with Gasteiger partial charge in [-0.15, -0.1) is 0 Å². The number of likely N-dealkylation sites (N-methyl/N-ethyl adjacent to an activating group) is 1. The minimum Gasteiger partial charge on any atom is -0.496 e. The number of hydrogen-bond donors (Lipinski definition) is 2. The summed E-state index contributed by atoms with van der Waals surface area (Å²) in [5.74, 6) is -0.383. The Morgan fingerprint density at radius 2 is 1.94 bits per heavy atom. The number of sulfone groups is 1. The van der Waals surface area contributed by atoms with Crippen LogP contribution in [0.1, 0.15) is 50.9 Å². The van der Waals surface area contributed by atoms with Crippen LogP contribution in [0.25, 0.3) is 0 Å². The van der Waals surface area contributed by atoms with Crippen LogP contribution in [0.2, 0.25) is 0 Å². The first kappa shape index (κ1) is 26.7. The third-order valence-corrected chi connectivity index (χ3v) is 6.83. The number of rotatable bonds is 8. The predicted octanol–water partition coefficient (Wildman–Crippen LogP) is 1.85. The topological polar surface area (TPSA) is 128 Å². The largest absolute Gasteiger partial charge is 0.496 e. The van der Waals surface area contributed by atoms with Crippen LogP contribution < -0.4 is 15.8 Å². The molecule has 1 amide bonds. The molecule has 9 nitrogen and oxygen atoms in total. The molecule has 0 radical (unpaired) electrons. The van der Waals surface area contributed by atoms with Gasteiger partial charge in [-0.25, -0.2) is 8.42 Å². The van der Waals surface area contributed by atoms with Crippen molar-refractivity contribution in [3.63, 3.8) is 0 Å². The lowest BCUT2D eigenvalue weighted by molar-refractivity contribution is -0.140. The maximum Gasteiger partial charge on any atom is 0.302 e. The maximum absolute atomic E-state index is 12.6. The number of anilines is 1. The van der Waals surface area contributed by atoms with E-state index in [9.17, 15) is 18.0 Å². The van der Waals surface area contributed by atoms with E-state index in [1.807, 2.05) is 0 Å². The van der Waals surface area contributed by atoms with Crippen molar-refractivity contribution in [2.75, 3.05) is 44.8 Å².